The monoisotopic (exact) mass is 289 g/mol. The van der Waals surface area contributed by atoms with E-state index >= 15 is 0 Å². The van der Waals surface area contributed by atoms with Crippen LogP contribution in [0, 0.1) is 6.92 Å². The maximum atomic E-state index is 5.94. The number of hydrogen-bond acceptors (Lipinski definition) is 4. The number of ether oxygens (including phenoxy) is 2. The molecule has 0 spiro atoms. The molecule has 0 saturated carbocycles. The third-order valence-electron chi connectivity index (χ3n) is 2.82. The first-order valence-corrected chi connectivity index (χ1v) is 7.43. The molecule has 0 heterocycles. The Hall–Kier alpha value is -1.81. The van der Waals surface area contributed by atoms with Crippen LogP contribution in [0.15, 0.2) is 47.4 Å². The van der Waals surface area contributed by atoms with Crippen LogP contribution in [0.5, 0.6) is 11.5 Å². The standard InChI is InChI=1S/C16H19NO2S/c1-12-4-3-5-14(10-12)19-8-9-20-16-11-13(18-2)6-7-15(16)17/h3-7,10-11H,8-9,17H2,1-2H3. The Morgan fingerprint density at radius 2 is 1.95 bits per heavy atom. The van der Waals surface area contributed by atoms with E-state index in [1.807, 2.05) is 36.4 Å². The van der Waals surface area contributed by atoms with Crippen LogP contribution in [0.3, 0.4) is 0 Å². The quantitative estimate of drug-likeness (QED) is 0.499. The second kappa shape index (κ2) is 7.10. The fourth-order valence-electron chi connectivity index (χ4n) is 1.78. The number of rotatable bonds is 6. The van der Waals surface area contributed by atoms with Gasteiger partial charge in [0, 0.05) is 16.3 Å². The normalized spacial score (nSPS) is 10.3. The molecule has 0 aromatic heterocycles. The van der Waals surface area contributed by atoms with Crippen LogP contribution >= 0.6 is 11.8 Å². The molecule has 0 saturated heterocycles. The van der Waals surface area contributed by atoms with Gasteiger partial charge in [0.2, 0.25) is 0 Å². The molecule has 2 rings (SSSR count). The summed E-state index contributed by atoms with van der Waals surface area (Å²) in [6.45, 7) is 2.70. The number of nitrogen functional groups attached to an aromatic ring is 1. The molecule has 0 aliphatic heterocycles. The van der Waals surface area contributed by atoms with Gasteiger partial charge in [0.15, 0.2) is 0 Å². The molecule has 0 bridgehead atoms. The van der Waals surface area contributed by atoms with Crippen molar-refractivity contribution in [3.05, 3.63) is 48.0 Å². The van der Waals surface area contributed by atoms with Gasteiger partial charge < -0.3 is 15.2 Å². The zero-order valence-corrected chi connectivity index (χ0v) is 12.6. The fourth-order valence-corrected chi connectivity index (χ4v) is 2.60. The highest BCUT2D eigenvalue weighted by Crippen LogP contribution is 2.29. The van der Waals surface area contributed by atoms with Crippen molar-refractivity contribution < 1.29 is 9.47 Å². The van der Waals surface area contributed by atoms with Gasteiger partial charge >= 0.3 is 0 Å². The van der Waals surface area contributed by atoms with E-state index in [1.54, 1.807) is 18.9 Å². The smallest absolute Gasteiger partial charge is 0.120 e. The Morgan fingerprint density at radius 3 is 2.70 bits per heavy atom. The van der Waals surface area contributed by atoms with E-state index in [4.69, 9.17) is 15.2 Å². The molecule has 0 radical (unpaired) electrons. The van der Waals surface area contributed by atoms with E-state index in [-0.39, 0.29) is 0 Å². The van der Waals surface area contributed by atoms with Crippen LogP contribution in [-0.2, 0) is 0 Å². The third-order valence-corrected chi connectivity index (χ3v) is 3.86. The summed E-state index contributed by atoms with van der Waals surface area (Å²) >= 11 is 1.67. The predicted octanol–water partition coefficient (Wildman–Crippen LogP) is 3.76. The molecule has 2 aromatic carbocycles. The van der Waals surface area contributed by atoms with Gasteiger partial charge in [0.25, 0.3) is 0 Å². The maximum absolute atomic E-state index is 5.94. The van der Waals surface area contributed by atoms with Gasteiger partial charge in [-0.15, -0.1) is 11.8 Å². The van der Waals surface area contributed by atoms with Crippen LogP contribution in [-0.4, -0.2) is 19.5 Å². The zero-order chi connectivity index (χ0) is 14.4. The first-order chi connectivity index (χ1) is 9.69. The summed E-state index contributed by atoms with van der Waals surface area (Å²) in [6, 6.07) is 13.7. The Labute approximate surface area is 124 Å². The van der Waals surface area contributed by atoms with Gasteiger partial charge in [-0.2, -0.15) is 0 Å². The van der Waals surface area contributed by atoms with Crippen molar-refractivity contribution in [2.75, 3.05) is 25.2 Å². The molecule has 2 aromatic rings. The molecule has 4 heteroatoms. The summed E-state index contributed by atoms with van der Waals surface area (Å²) in [5, 5.41) is 0. The molecule has 106 valence electrons. The lowest BCUT2D eigenvalue weighted by atomic mass is 10.2. The topological polar surface area (TPSA) is 44.5 Å². The lowest BCUT2D eigenvalue weighted by Gasteiger charge is -2.09. The molecular formula is C16H19NO2S. The Morgan fingerprint density at radius 1 is 1.10 bits per heavy atom. The number of aryl methyl sites for hydroxylation is 1. The summed E-state index contributed by atoms with van der Waals surface area (Å²) < 4.78 is 10.9. The number of hydrogen-bond donors (Lipinski definition) is 1. The van der Waals surface area contributed by atoms with Crippen LogP contribution < -0.4 is 15.2 Å². The van der Waals surface area contributed by atoms with Gasteiger partial charge in [0.1, 0.15) is 11.5 Å². The van der Waals surface area contributed by atoms with Crippen LogP contribution in [0.2, 0.25) is 0 Å². The van der Waals surface area contributed by atoms with E-state index < -0.39 is 0 Å². The summed E-state index contributed by atoms with van der Waals surface area (Å²) in [7, 11) is 1.65. The van der Waals surface area contributed by atoms with Gasteiger partial charge in [-0.25, -0.2) is 0 Å². The average molecular weight is 289 g/mol. The first-order valence-electron chi connectivity index (χ1n) is 6.45. The molecule has 0 aliphatic rings. The first kappa shape index (κ1) is 14.6. The van der Waals surface area contributed by atoms with Crippen molar-refractivity contribution in [2.45, 2.75) is 11.8 Å². The SMILES string of the molecule is COc1ccc(N)c(SCCOc2cccc(C)c2)c1. The predicted molar refractivity (Wildman–Crippen MR) is 84.8 cm³/mol. The molecular weight excluding hydrogens is 270 g/mol. The van der Waals surface area contributed by atoms with Crippen LogP contribution in [0.1, 0.15) is 5.56 Å². The summed E-state index contributed by atoms with van der Waals surface area (Å²) in [6.07, 6.45) is 0. The van der Waals surface area contributed by atoms with Gasteiger partial charge in [0.05, 0.1) is 13.7 Å². The highest BCUT2D eigenvalue weighted by Gasteiger charge is 2.03. The van der Waals surface area contributed by atoms with E-state index in [0.717, 1.165) is 27.8 Å². The highest BCUT2D eigenvalue weighted by molar-refractivity contribution is 7.99. The Kier molecular flexibility index (Phi) is 5.18. The number of nitrogens with two attached hydrogens (primary N) is 1. The maximum Gasteiger partial charge on any atom is 0.120 e. The van der Waals surface area contributed by atoms with E-state index in [9.17, 15) is 0 Å². The minimum absolute atomic E-state index is 0.644. The summed E-state index contributed by atoms with van der Waals surface area (Å²) in [4.78, 5) is 1.03. The average Bonchev–Trinajstić information content (AvgIpc) is 2.45. The largest absolute Gasteiger partial charge is 0.497 e. The molecule has 0 amide bonds. The second-order valence-electron chi connectivity index (χ2n) is 4.42. The van der Waals surface area contributed by atoms with Crippen molar-refractivity contribution in [1.82, 2.24) is 0 Å². The van der Waals surface area contributed by atoms with Crippen LogP contribution in [0.4, 0.5) is 5.69 Å². The summed E-state index contributed by atoms with van der Waals surface area (Å²) in [5.74, 6) is 2.57. The number of benzene rings is 2. The highest BCUT2D eigenvalue weighted by atomic mass is 32.2. The molecule has 0 atom stereocenters. The van der Waals surface area contributed by atoms with Gasteiger partial charge in [-0.05, 0) is 42.8 Å². The number of methoxy groups -OCH3 is 1. The van der Waals surface area contributed by atoms with Crippen LogP contribution in [0.25, 0.3) is 0 Å². The lowest BCUT2D eigenvalue weighted by molar-refractivity contribution is 0.343. The molecule has 0 aliphatic carbocycles. The number of thioether (sulfide) groups is 1. The lowest BCUT2D eigenvalue weighted by Crippen LogP contribution is -2.01. The van der Waals surface area contributed by atoms with Crippen molar-refractivity contribution in [3.8, 4) is 11.5 Å². The van der Waals surface area contributed by atoms with Gasteiger partial charge in [-0.1, -0.05) is 12.1 Å². The molecule has 0 unspecified atom stereocenters. The fraction of sp³-hybridized carbons (Fsp3) is 0.250. The third kappa shape index (κ3) is 4.10. The minimum atomic E-state index is 0.644. The minimum Gasteiger partial charge on any atom is -0.497 e. The Bertz CT molecular complexity index is 572. The van der Waals surface area contributed by atoms with E-state index in [2.05, 4.69) is 13.0 Å². The van der Waals surface area contributed by atoms with Crippen molar-refractivity contribution in [1.29, 1.82) is 0 Å². The number of anilines is 1. The molecule has 3 nitrogen and oxygen atoms in total. The van der Waals surface area contributed by atoms with Crippen molar-refractivity contribution in [3.63, 3.8) is 0 Å². The molecule has 2 N–H and O–H groups in total. The van der Waals surface area contributed by atoms with E-state index in [1.165, 1.54) is 5.56 Å². The summed E-state index contributed by atoms with van der Waals surface area (Å²) in [5.41, 5.74) is 7.91. The zero-order valence-electron chi connectivity index (χ0n) is 11.8. The van der Waals surface area contributed by atoms with Crippen molar-refractivity contribution in [2.24, 2.45) is 0 Å². The Balaban J connectivity index is 1.84. The molecule has 0 fully saturated rings. The van der Waals surface area contributed by atoms with E-state index in [0.29, 0.717) is 6.61 Å². The van der Waals surface area contributed by atoms with Crippen molar-refractivity contribution >= 4 is 17.4 Å². The van der Waals surface area contributed by atoms with Gasteiger partial charge in [-0.3, -0.25) is 0 Å². The molecule has 20 heavy (non-hydrogen) atoms. The second-order valence-corrected chi connectivity index (χ2v) is 5.55.